The Labute approximate surface area is 102 Å². The van der Waals surface area contributed by atoms with Crippen LogP contribution in [0, 0.1) is 6.92 Å². The van der Waals surface area contributed by atoms with Crippen LogP contribution in [0.2, 0.25) is 0 Å². The predicted octanol–water partition coefficient (Wildman–Crippen LogP) is 2.80. The van der Waals surface area contributed by atoms with Crippen molar-refractivity contribution in [1.82, 2.24) is 9.78 Å². The van der Waals surface area contributed by atoms with Crippen LogP contribution in [-0.4, -0.2) is 14.9 Å². The van der Waals surface area contributed by atoms with Crippen molar-refractivity contribution in [3.63, 3.8) is 0 Å². The van der Waals surface area contributed by atoms with Crippen LogP contribution in [0.25, 0.3) is 5.69 Å². The molecule has 17 heavy (non-hydrogen) atoms. The third-order valence-corrected chi connectivity index (χ3v) is 2.98. The van der Waals surface area contributed by atoms with Gasteiger partial charge in [0.25, 0.3) is 0 Å². The molecular weight excluding hydrogens is 212 g/mol. The number of aliphatic hydroxyl groups excluding tert-OH is 1. The standard InChI is InChI=1S/C14H18N2O/c1-10(2)13-6-4-5-7-14(13)16-8-12(9-17)11(3)15-16/h4-8,10,17H,9H2,1-3H3. The van der Waals surface area contributed by atoms with Crippen LogP contribution in [0.4, 0.5) is 0 Å². The monoisotopic (exact) mass is 230 g/mol. The first kappa shape index (κ1) is 11.9. The van der Waals surface area contributed by atoms with Crippen LogP contribution < -0.4 is 0 Å². The lowest BCUT2D eigenvalue weighted by Gasteiger charge is -2.12. The summed E-state index contributed by atoms with van der Waals surface area (Å²) < 4.78 is 1.86. The maximum atomic E-state index is 9.20. The Morgan fingerprint density at radius 3 is 2.59 bits per heavy atom. The quantitative estimate of drug-likeness (QED) is 0.880. The highest BCUT2D eigenvalue weighted by Crippen LogP contribution is 2.23. The average molecular weight is 230 g/mol. The second-order valence-corrected chi connectivity index (χ2v) is 4.56. The predicted molar refractivity (Wildman–Crippen MR) is 68.3 cm³/mol. The van der Waals surface area contributed by atoms with Gasteiger partial charge in [-0.1, -0.05) is 32.0 Å². The molecule has 0 aliphatic carbocycles. The second kappa shape index (κ2) is 4.72. The molecule has 90 valence electrons. The molecule has 3 nitrogen and oxygen atoms in total. The fraction of sp³-hybridized carbons (Fsp3) is 0.357. The Hall–Kier alpha value is -1.61. The largest absolute Gasteiger partial charge is 0.392 e. The van der Waals surface area contributed by atoms with E-state index in [1.807, 2.05) is 29.9 Å². The first-order chi connectivity index (χ1) is 8.13. The molecule has 0 amide bonds. The van der Waals surface area contributed by atoms with Gasteiger partial charge in [-0.15, -0.1) is 0 Å². The summed E-state index contributed by atoms with van der Waals surface area (Å²) in [5.41, 5.74) is 4.11. The summed E-state index contributed by atoms with van der Waals surface area (Å²) in [5.74, 6) is 0.452. The first-order valence-electron chi connectivity index (χ1n) is 5.88. The Morgan fingerprint density at radius 2 is 2.00 bits per heavy atom. The topological polar surface area (TPSA) is 38.0 Å². The van der Waals surface area contributed by atoms with E-state index in [0.717, 1.165) is 16.9 Å². The van der Waals surface area contributed by atoms with E-state index in [2.05, 4.69) is 31.1 Å². The highest BCUT2D eigenvalue weighted by Gasteiger charge is 2.10. The zero-order chi connectivity index (χ0) is 12.4. The second-order valence-electron chi connectivity index (χ2n) is 4.56. The summed E-state index contributed by atoms with van der Waals surface area (Å²) >= 11 is 0. The van der Waals surface area contributed by atoms with E-state index in [1.165, 1.54) is 5.56 Å². The Morgan fingerprint density at radius 1 is 1.29 bits per heavy atom. The molecule has 0 spiro atoms. The zero-order valence-electron chi connectivity index (χ0n) is 10.5. The number of para-hydroxylation sites is 1. The summed E-state index contributed by atoms with van der Waals surface area (Å²) in [4.78, 5) is 0. The molecule has 0 fully saturated rings. The fourth-order valence-electron chi connectivity index (χ4n) is 1.96. The lowest BCUT2D eigenvalue weighted by Crippen LogP contribution is -2.01. The first-order valence-corrected chi connectivity index (χ1v) is 5.88. The summed E-state index contributed by atoms with van der Waals surface area (Å²) in [6.07, 6.45) is 1.90. The average Bonchev–Trinajstić information content (AvgIpc) is 2.70. The number of nitrogens with zero attached hydrogens (tertiary/aromatic N) is 2. The van der Waals surface area contributed by atoms with Gasteiger partial charge in [0, 0.05) is 11.8 Å². The van der Waals surface area contributed by atoms with Gasteiger partial charge in [-0.05, 0) is 24.5 Å². The Balaban J connectivity index is 2.52. The molecule has 0 aliphatic heterocycles. The molecule has 1 aromatic heterocycles. The van der Waals surface area contributed by atoms with Gasteiger partial charge >= 0.3 is 0 Å². The molecule has 0 atom stereocenters. The maximum absolute atomic E-state index is 9.20. The third kappa shape index (κ3) is 2.24. The van der Waals surface area contributed by atoms with Crippen LogP contribution in [0.15, 0.2) is 30.5 Å². The number of benzene rings is 1. The fourth-order valence-corrected chi connectivity index (χ4v) is 1.96. The van der Waals surface area contributed by atoms with Crippen molar-refractivity contribution in [1.29, 1.82) is 0 Å². The number of rotatable bonds is 3. The highest BCUT2D eigenvalue weighted by molar-refractivity contribution is 5.43. The summed E-state index contributed by atoms with van der Waals surface area (Å²) in [5, 5.41) is 13.7. The number of hydrogen-bond donors (Lipinski definition) is 1. The Kier molecular flexibility index (Phi) is 3.29. The number of aliphatic hydroxyl groups is 1. The third-order valence-electron chi connectivity index (χ3n) is 2.98. The lowest BCUT2D eigenvalue weighted by molar-refractivity contribution is 0.281. The van der Waals surface area contributed by atoms with E-state index in [1.54, 1.807) is 0 Å². The minimum Gasteiger partial charge on any atom is -0.392 e. The molecule has 3 heteroatoms. The smallest absolute Gasteiger partial charge is 0.0715 e. The van der Waals surface area contributed by atoms with Crippen molar-refractivity contribution in [3.8, 4) is 5.69 Å². The van der Waals surface area contributed by atoms with Crippen molar-refractivity contribution in [2.24, 2.45) is 0 Å². The number of aromatic nitrogens is 2. The lowest BCUT2D eigenvalue weighted by atomic mass is 10.0. The molecule has 0 unspecified atom stereocenters. The number of hydrogen-bond acceptors (Lipinski definition) is 2. The zero-order valence-corrected chi connectivity index (χ0v) is 10.5. The van der Waals surface area contributed by atoms with Gasteiger partial charge in [-0.2, -0.15) is 5.10 Å². The van der Waals surface area contributed by atoms with E-state index >= 15 is 0 Å². The van der Waals surface area contributed by atoms with Gasteiger partial charge < -0.3 is 5.11 Å². The van der Waals surface area contributed by atoms with E-state index in [-0.39, 0.29) is 6.61 Å². The van der Waals surface area contributed by atoms with E-state index in [9.17, 15) is 5.11 Å². The number of aryl methyl sites for hydroxylation is 1. The van der Waals surface area contributed by atoms with Crippen molar-refractivity contribution >= 4 is 0 Å². The molecule has 0 saturated carbocycles. The molecule has 1 heterocycles. The van der Waals surface area contributed by atoms with Crippen molar-refractivity contribution < 1.29 is 5.11 Å². The molecule has 0 aliphatic rings. The molecule has 1 aromatic carbocycles. The molecule has 0 saturated heterocycles. The van der Waals surface area contributed by atoms with Gasteiger partial charge in [0.2, 0.25) is 0 Å². The van der Waals surface area contributed by atoms with Gasteiger partial charge in [-0.25, -0.2) is 4.68 Å². The van der Waals surface area contributed by atoms with Crippen LogP contribution >= 0.6 is 0 Å². The Bertz CT molecular complexity index is 515. The summed E-state index contributed by atoms with van der Waals surface area (Å²) in [6.45, 7) is 6.29. The molecule has 0 radical (unpaired) electrons. The van der Waals surface area contributed by atoms with Gasteiger partial charge in [-0.3, -0.25) is 0 Å². The molecule has 1 N–H and O–H groups in total. The summed E-state index contributed by atoms with van der Waals surface area (Å²) in [7, 11) is 0. The van der Waals surface area contributed by atoms with Crippen LogP contribution in [-0.2, 0) is 6.61 Å². The summed E-state index contributed by atoms with van der Waals surface area (Å²) in [6, 6.07) is 8.23. The van der Waals surface area contributed by atoms with Crippen molar-refractivity contribution in [2.45, 2.75) is 33.3 Å². The van der Waals surface area contributed by atoms with Crippen molar-refractivity contribution in [2.75, 3.05) is 0 Å². The normalized spacial score (nSPS) is 11.1. The van der Waals surface area contributed by atoms with Crippen LogP contribution in [0.1, 0.15) is 36.6 Å². The van der Waals surface area contributed by atoms with Crippen LogP contribution in [0.5, 0.6) is 0 Å². The van der Waals surface area contributed by atoms with E-state index < -0.39 is 0 Å². The van der Waals surface area contributed by atoms with Gasteiger partial charge in [0.05, 0.1) is 18.0 Å². The minimum absolute atomic E-state index is 0.0374. The van der Waals surface area contributed by atoms with E-state index in [0.29, 0.717) is 5.92 Å². The van der Waals surface area contributed by atoms with Gasteiger partial charge in [0.15, 0.2) is 0 Å². The van der Waals surface area contributed by atoms with E-state index in [4.69, 9.17) is 0 Å². The molecule has 0 bridgehead atoms. The highest BCUT2D eigenvalue weighted by atomic mass is 16.3. The maximum Gasteiger partial charge on any atom is 0.0715 e. The molecular formula is C14H18N2O. The van der Waals surface area contributed by atoms with Crippen molar-refractivity contribution in [3.05, 3.63) is 47.3 Å². The molecule has 2 rings (SSSR count). The SMILES string of the molecule is Cc1nn(-c2ccccc2C(C)C)cc1CO. The minimum atomic E-state index is 0.0374. The molecule has 2 aromatic rings. The van der Waals surface area contributed by atoms with Gasteiger partial charge in [0.1, 0.15) is 0 Å². The van der Waals surface area contributed by atoms with Crippen LogP contribution in [0.3, 0.4) is 0 Å².